The van der Waals surface area contributed by atoms with E-state index in [0.29, 0.717) is 32.7 Å². The molecule has 1 aromatic carbocycles. The molecule has 5 nitrogen and oxygen atoms in total. The number of rotatable bonds is 10. The maximum absolute atomic E-state index is 11.4. The average molecular weight is 280 g/mol. The Hall–Kier alpha value is -1.59. The van der Waals surface area contributed by atoms with Gasteiger partial charge in [0.2, 0.25) is 5.91 Å². The van der Waals surface area contributed by atoms with Gasteiger partial charge in [-0.2, -0.15) is 0 Å². The second kappa shape index (κ2) is 10.2. The molecule has 0 aliphatic carbocycles. The molecule has 2 N–H and O–H groups in total. The van der Waals surface area contributed by atoms with Crippen LogP contribution in [0.25, 0.3) is 0 Å². The highest BCUT2D eigenvalue weighted by atomic mass is 16.5. The molecule has 1 aromatic rings. The monoisotopic (exact) mass is 280 g/mol. The van der Waals surface area contributed by atoms with Crippen LogP contribution >= 0.6 is 0 Å². The van der Waals surface area contributed by atoms with Crippen LogP contribution in [-0.2, 0) is 16.1 Å². The fraction of sp³-hybridized carbons (Fsp3) is 0.533. The zero-order valence-corrected chi connectivity index (χ0v) is 12.3. The van der Waals surface area contributed by atoms with Gasteiger partial charge in [-0.25, -0.2) is 0 Å². The highest BCUT2D eigenvalue weighted by Crippen LogP contribution is 2.11. The third kappa shape index (κ3) is 7.11. The zero-order valence-electron chi connectivity index (χ0n) is 12.3. The van der Waals surface area contributed by atoms with E-state index in [0.717, 1.165) is 12.3 Å². The Bertz CT molecular complexity index is 379. The molecule has 0 bridgehead atoms. The number of ether oxygens (including phenoxy) is 2. The summed E-state index contributed by atoms with van der Waals surface area (Å²) < 4.78 is 10.2. The molecule has 0 saturated carbocycles. The molecule has 0 saturated heterocycles. The van der Waals surface area contributed by atoms with Crippen LogP contribution in [0.15, 0.2) is 24.3 Å². The summed E-state index contributed by atoms with van der Waals surface area (Å²) in [5, 5.41) is 6.02. The first-order valence-electron chi connectivity index (χ1n) is 6.94. The summed E-state index contributed by atoms with van der Waals surface area (Å²) in [6.07, 6.45) is 0.473. The number of methoxy groups -OCH3 is 1. The topological polar surface area (TPSA) is 59.6 Å². The Morgan fingerprint density at radius 1 is 1.20 bits per heavy atom. The summed E-state index contributed by atoms with van der Waals surface area (Å²) >= 11 is 0. The predicted molar refractivity (Wildman–Crippen MR) is 78.8 cm³/mol. The lowest BCUT2D eigenvalue weighted by molar-refractivity contribution is -0.121. The summed E-state index contributed by atoms with van der Waals surface area (Å²) in [4.78, 5) is 11.4. The van der Waals surface area contributed by atoms with Gasteiger partial charge in [-0.15, -0.1) is 0 Å². The number of hydrogen-bond donors (Lipinski definition) is 2. The van der Waals surface area contributed by atoms with E-state index < -0.39 is 0 Å². The minimum Gasteiger partial charge on any atom is -0.494 e. The second-order valence-corrected chi connectivity index (χ2v) is 4.35. The smallest absolute Gasteiger partial charge is 0.221 e. The SMILES string of the molecule is CCOc1ccc(CNCCC(=O)NCCOC)cc1. The van der Waals surface area contributed by atoms with Crippen molar-refractivity contribution in [2.24, 2.45) is 0 Å². The lowest BCUT2D eigenvalue weighted by Crippen LogP contribution is -2.29. The van der Waals surface area contributed by atoms with Gasteiger partial charge in [-0.3, -0.25) is 4.79 Å². The molecular weight excluding hydrogens is 256 g/mol. The second-order valence-electron chi connectivity index (χ2n) is 4.35. The van der Waals surface area contributed by atoms with E-state index in [1.807, 2.05) is 31.2 Å². The van der Waals surface area contributed by atoms with Crippen LogP contribution in [0.2, 0.25) is 0 Å². The van der Waals surface area contributed by atoms with Crippen LogP contribution in [0.3, 0.4) is 0 Å². The molecule has 0 radical (unpaired) electrons. The van der Waals surface area contributed by atoms with Crippen molar-refractivity contribution in [3.63, 3.8) is 0 Å². The first-order chi connectivity index (χ1) is 9.76. The van der Waals surface area contributed by atoms with E-state index in [-0.39, 0.29) is 5.91 Å². The third-order valence-electron chi connectivity index (χ3n) is 2.72. The molecule has 0 heterocycles. The molecule has 20 heavy (non-hydrogen) atoms. The van der Waals surface area contributed by atoms with Crippen molar-refractivity contribution < 1.29 is 14.3 Å². The van der Waals surface area contributed by atoms with Gasteiger partial charge in [0.15, 0.2) is 0 Å². The van der Waals surface area contributed by atoms with E-state index in [2.05, 4.69) is 10.6 Å². The summed E-state index contributed by atoms with van der Waals surface area (Å²) in [5.41, 5.74) is 1.17. The van der Waals surface area contributed by atoms with Crippen molar-refractivity contribution in [1.82, 2.24) is 10.6 Å². The minimum atomic E-state index is 0.0428. The standard InChI is InChI=1S/C15H24N2O3/c1-3-20-14-6-4-13(5-7-14)12-16-9-8-15(18)17-10-11-19-2/h4-7,16H,3,8-12H2,1-2H3,(H,17,18). The first-order valence-corrected chi connectivity index (χ1v) is 6.94. The number of hydrogen-bond acceptors (Lipinski definition) is 4. The number of amides is 1. The normalized spacial score (nSPS) is 10.3. The van der Waals surface area contributed by atoms with Crippen molar-refractivity contribution in [3.05, 3.63) is 29.8 Å². The predicted octanol–water partition coefficient (Wildman–Crippen LogP) is 1.33. The lowest BCUT2D eigenvalue weighted by atomic mass is 10.2. The van der Waals surface area contributed by atoms with Crippen molar-refractivity contribution in [2.45, 2.75) is 19.9 Å². The molecule has 0 spiro atoms. The summed E-state index contributed by atoms with van der Waals surface area (Å²) in [6.45, 7) is 5.16. The summed E-state index contributed by atoms with van der Waals surface area (Å²) in [5.74, 6) is 0.926. The van der Waals surface area contributed by atoms with Gasteiger partial charge in [0, 0.05) is 33.2 Å². The number of carbonyl (C=O) groups excluding carboxylic acids is 1. The Kier molecular flexibility index (Phi) is 8.42. The van der Waals surface area contributed by atoms with Crippen LogP contribution in [0.5, 0.6) is 5.75 Å². The molecule has 5 heteroatoms. The van der Waals surface area contributed by atoms with Crippen molar-refractivity contribution >= 4 is 5.91 Å². The molecular formula is C15H24N2O3. The molecule has 0 aliphatic rings. The van der Waals surface area contributed by atoms with Crippen molar-refractivity contribution in [1.29, 1.82) is 0 Å². The molecule has 0 fully saturated rings. The average Bonchev–Trinajstić information content (AvgIpc) is 2.46. The Morgan fingerprint density at radius 3 is 2.60 bits per heavy atom. The molecule has 1 amide bonds. The molecule has 0 unspecified atom stereocenters. The summed E-state index contributed by atoms with van der Waals surface area (Å²) in [6, 6.07) is 7.96. The largest absolute Gasteiger partial charge is 0.494 e. The van der Waals surface area contributed by atoms with Gasteiger partial charge >= 0.3 is 0 Å². The third-order valence-corrected chi connectivity index (χ3v) is 2.72. The number of carbonyl (C=O) groups is 1. The van der Waals surface area contributed by atoms with E-state index >= 15 is 0 Å². The van der Waals surface area contributed by atoms with Crippen molar-refractivity contribution in [2.75, 3.05) is 33.4 Å². The summed E-state index contributed by atoms with van der Waals surface area (Å²) in [7, 11) is 1.62. The highest BCUT2D eigenvalue weighted by Gasteiger charge is 2.00. The molecule has 0 aliphatic heterocycles. The fourth-order valence-corrected chi connectivity index (χ4v) is 1.69. The van der Waals surface area contributed by atoms with E-state index in [4.69, 9.17) is 9.47 Å². The Labute approximate surface area is 120 Å². The Balaban J connectivity index is 2.12. The van der Waals surface area contributed by atoms with E-state index in [1.54, 1.807) is 7.11 Å². The maximum Gasteiger partial charge on any atom is 0.221 e. The van der Waals surface area contributed by atoms with Crippen LogP contribution in [0.1, 0.15) is 18.9 Å². The fourth-order valence-electron chi connectivity index (χ4n) is 1.69. The highest BCUT2D eigenvalue weighted by molar-refractivity contribution is 5.76. The van der Waals surface area contributed by atoms with Crippen LogP contribution in [-0.4, -0.2) is 39.3 Å². The molecule has 0 aromatic heterocycles. The van der Waals surface area contributed by atoms with Gasteiger partial charge in [0.1, 0.15) is 5.75 Å². The van der Waals surface area contributed by atoms with Crippen LogP contribution < -0.4 is 15.4 Å². The van der Waals surface area contributed by atoms with Gasteiger partial charge in [0.25, 0.3) is 0 Å². The van der Waals surface area contributed by atoms with Gasteiger partial charge in [0.05, 0.1) is 13.2 Å². The van der Waals surface area contributed by atoms with Gasteiger partial charge < -0.3 is 20.1 Å². The van der Waals surface area contributed by atoms with Crippen molar-refractivity contribution in [3.8, 4) is 5.75 Å². The Morgan fingerprint density at radius 2 is 1.95 bits per heavy atom. The van der Waals surface area contributed by atoms with Crippen LogP contribution in [0, 0.1) is 0 Å². The van der Waals surface area contributed by atoms with Gasteiger partial charge in [-0.1, -0.05) is 12.1 Å². The molecule has 0 atom stereocenters. The van der Waals surface area contributed by atoms with E-state index in [9.17, 15) is 4.79 Å². The lowest BCUT2D eigenvalue weighted by Gasteiger charge is -2.07. The minimum absolute atomic E-state index is 0.0428. The maximum atomic E-state index is 11.4. The van der Waals surface area contributed by atoms with Gasteiger partial charge in [-0.05, 0) is 24.6 Å². The number of benzene rings is 1. The molecule has 1 rings (SSSR count). The quantitative estimate of drug-likeness (QED) is 0.635. The first kappa shape index (κ1) is 16.5. The zero-order chi connectivity index (χ0) is 14.6. The number of nitrogens with one attached hydrogen (secondary N) is 2. The van der Waals surface area contributed by atoms with E-state index in [1.165, 1.54) is 5.56 Å². The van der Waals surface area contributed by atoms with Crippen LogP contribution in [0.4, 0.5) is 0 Å². The molecule has 112 valence electrons.